The van der Waals surface area contributed by atoms with Gasteiger partial charge in [-0.2, -0.15) is 0 Å². The van der Waals surface area contributed by atoms with Crippen molar-refractivity contribution in [2.24, 2.45) is 12.0 Å². The van der Waals surface area contributed by atoms with E-state index in [1.54, 1.807) is 0 Å². The molecule has 5 nitrogen and oxygen atoms in total. The van der Waals surface area contributed by atoms with Crippen LogP contribution in [-0.4, -0.2) is 35.1 Å². The number of nitrogens with one attached hydrogen (secondary N) is 1. The summed E-state index contributed by atoms with van der Waals surface area (Å²) < 4.78 is 8.22. The summed E-state index contributed by atoms with van der Waals surface area (Å²) in [7, 11) is 2.12. The third-order valence-electron chi connectivity index (χ3n) is 5.24. The first-order valence-corrected chi connectivity index (χ1v) is 8.88. The van der Waals surface area contributed by atoms with Crippen molar-refractivity contribution in [3.8, 4) is 5.75 Å². The van der Waals surface area contributed by atoms with Crippen molar-refractivity contribution in [1.82, 2.24) is 14.9 Å². The zero-order valence-electron chi connectivity index (χ0n) is 14.9. The van der Waals surface area contributed by atoms with Gasteiger partial charge in [0, 0.05) is 47.7 Å². The predicted molar refractivity (Wildman–Crippen MR) is 106 cm³/mol. The number of benzene rings is 2. The Morgan fingerprint density at radius 2 is 2.08 bits per heavy atom. The number of pyridine rings is 1. The fourth-order valence-corrected chi connectivity index (χ4v) is 3.96. The first-order chi connectivity index (χ1) is 12.7. The fourth-order valence-electron chi connectivity index (χ4n) is 3.96. The molecule has 1 aliphatic heterocycles. The highest BCUT2D eigenvalue weighted by atomic mass is 16.5. The molecule has 4 aromatic rings. The molecule has 5 heteroatoms. The maximum atomic E-state index is 5.96. The minimum absolute atomic E-state index is 0.490. The van der Waals surface area contributed by atoms with Crippen LogP contribution in [0.3, 0.4) is 0 Å². The van der Waals surface area contributed by atoms with Crippen molar-refractivity contribution in [1.29, 1.82) is 0 Å². The highest BCUT2D eigenvalue weighted by molar-refractivity contribution is 6.14. The van der Waals surface area contributed by atoms with Gasteiger partial charge in [-0.3, -0.25) is 9.98 Å². The van der Waals surface area contributed by atoms with E-state index >= 15 is 0 Å². The molecular weight excluding hydrogens is 324 g/mol. The molecule has 2 aromatic heterocycles. The van der Waals surface area contributed by atoms with Gasteiger partial charge in [0.25, 0.3) is 0 Å². The van der Waals surface area contributed by atoms with Crippen molar-refractivity contribution >= 4 is 38.4 Å². The number of nitrogens with zero attached hydrogens (tertiary/aromatic N) is 3. The Hall–Kier alpha value is -3.08. The molecule has 0 aliphatic carbocycles. The smallest absolute Gasteiger partial charge is 0.145 e. The van der Waals surface area contributed by atoms with E-state index in [0.717, 1.165) is 24.7 Å². The SMILES string of the molecule is Cc1c2cnccc2cc2c3cc(OCC4=NCCN4)ccc3n(C)c12. The number of aliphatic imine (C=N–C) groups is 1. The maximum Gasteiger partial charge on any atom is 0.145 e. The second-order valence-corrected chi connectivity index (χ2v) is 6.78. The Morgan fingerprint density at radius 1 is 1.15 bits per heavy atom. The Kier molecular flexibility index (Phi) is 3.35. The average molecular weight is 344 g/mol. The van der Waals surface area contributed by atoms with Crippen LogP contribution in [0, 0.1) is 6.92 Å². The van der Waals surface area contributed by atoms with Crippen LogP contribution in [0.15, 0.2) is 47.7 Å². The van der Waals surface area contributed by atoms with E-state index in [2.05, 4.69) is 58.1 Å². The molecule has 1 aliphatic rings. The van der Waals surface area contributed by atoms with Crippen LogP contribution in [0.1, 0.15) is 5.56 Å². The van der Waals surface area contributed by atoms with Crippen LogP contribution in [0.25, 0.3) is 32.6 Å². The number of hydrogen-bond donors (Lipinski definition) is 1. The van der Waals surface area contributed by atoms with Crippen LogP contribution < -0.4 is 10.1 Å². The van der Waals surface area contributed by atoms with E-state index < -0.39 is 0 Å². The molecule has 0 unspecified atom stereocenters. The van der Waals surface area contributed by atoms with Crippen LogP contribution in [0.4, 0.5) is 0 Å². The molecule has 3 heterocycles. The van der Waals surface area contributed by atoms with Gasteiger partial charge in [0.1, 0.15) is 18.2 Å². The predicted octanol–water partition coefficient (Wildman–Crippen LogP) is 3.57. The first-order valence-electron chi connectivity index (χ1n) is 8.88. The fraction of sp³-hybridized carbons (Fsp3) is 0.238. The molecule has 2 aromatic carbocycles. The number of aryl methyl sites for hydroxylation is 2. The topological polar surface area (TPSA) is 51.4 Å². The van der Waals surface area contributed by atoms with Crippen molar-refractivity contribution in [3.63, 3.8) is 0 Å². The Labute approximate surface area is 151 Å². The maximum absolute atomic E-state index is 5.96. The number of amidine groups is 1. The largest absolute Gasteiger partial charge is 0.486 e. The van der Waals surface area contributed by atoms with Crippen LogP contribution in [0.5, 0.6) is 5.75 Å². The van der Waals surface area contributed by atoms with E-state index in [1.165, 1.54) is 38.1 Å². The number of aromatic nitrogens is 2. The summed E-state index contributed by atoms with van der Waals surface area (Å²) >= 11 is 0. The Bertz CT molecular complexity index is 1190. The van der Waals surface area contributed by atoms with E-state index in [4.69, 9.17) is 4.74 Å². The van der Waals surface area contributed by atoms with Crippen molar-refractivity contribution in [2.45, 2.75) is 6.92 Å². The molecule has 0 fully saturated rings. The summed E-state index contributed by atoms with van der Waals surface area (Å²) in [4.78, 5) is 8.68. The van der Waals surface area contributed by atoms with Gasteiger partial charge in [0.2, 0.25) is 0 Å². The Balaban J connectivity index is 1.68. The molecular formula is C21H20N4O. The van der Waals surface area contributed by atoms with Crippen LogP contribution >= 0.6 is 0 Å². The molecule has 130 valence electrons. The molecule has 1 N–H and O–H groups in total. The second kappa shape index (κ2) is 5.73. The summed E-state index contributed by atoms with van der Waals surface area (Å²) in [6.45, 7) is 4.40. The van der Waals surface area contributed by atoms with Gasteiger partial charge in [-0.25, -0.2) is 0 Å². The molecule has 0 saturated carbocycles. The molecule has 5 rings (SSSR count). The van der Waals surface area contributed by atoms with Crippen LogP contribution in [-0.2, 0) is 7.05 Å². The van der Waals surface area contributed by atoms with Gasteiger partial charge in [-0.15, -0.1) is 0 Å². The first kappa shape index (κ1) is 15.2. The molecule has 0 atom stereocenters. The van der Waals surface area contributed by atoms with Crippen molar-refractivity contribution in [2.75, 3.05) is 19.7 Å². The van der Waals surface area contributed by atoms with E-state index in [0.29, 0.717) is 6.61 Å². The zero-order chi connectivity index (χ0) is 17.7. The van der Waals surface area contributed by atoms with Gasteiger partial charge >= 0.3 is 0 Å². The summed E-state index contributed by atoms with van der Waals surface area (Å²) in [6.07, 6.45) is 3.80. The lowest BCUT2D eigenvalue weighted by atomic mass is 10.0. The van der Waals surface area contributed by atoms with Gasteiger partial charge in [0.05, 0.1) is 12.1 Å². The average Bonchev–Trinajstić information content (AvgIpc) is 3.28. The number of fused-ring (bicyclic) bond motifs is 4. The van der Waals surface area contributed by atoms with Crippen LogP contribution in [0.2, 0.25) is 0 Å². The molecule has 26 heavy (non-hydrogen) atoms. The van der Waals surface area contributed by atoms with Gasteiger partial charge in [-0.1, -0.05) is 0 Å². The van der Waals surface area contributed by atoms with E-state index in [1.807, 2.05) is 18.5 Å². The standard InChI is InChI=1S/C21H20N4O/c1-13-18-11-22-6-5-14(18)9-17-16-10-15(26-12-20-23-7-8-24-20)3-4-19(16)25(2)21(13)17/h3-6,9-11H,7-8,12H2,1-2H3,(H,23,24). The highest BCUT2D eigenvalue weighted by Gasteiger charge is 2.14. The zero-order valence-corrected chi connectivity index (χ0v) is 14.9. The lowest BCUT2D eigenvalue weighted by Gasteiger charge is -2.07. The number of ether oxygens (including phenoxy) is 1. The summed E-state index contributed by atoms with van der Waals surface area (Å²) in [5.74, 6) is 1.80. The summed E-state index contributed by atoms with van der Waals surface area (Å²) in [5.41, 5.74) is 3.71. The minimum Gasteiger partial charge on any atom is -0.486 e. The third kappa shape index (κ3) is 2.24. The van der Waals surface area contributed by atoms with Crippen molar-refractivity contribution < 1.29 is 4.74 Å². The van der Waals surface area contributed by atoms with E-state index in [-0.39, 0.29) is 0 Å². The Morgan fingerprint density at radius 3 is 2.92 bits per heavy atom. The number of hydrogen-bond acceptors (Lipinski definition) is 4. The quantitative estimate of drug-likeness (QED) is 0.618. The summed E-state index contributed by atoms with van der Waals surface area (Å²) in [5, 5.41) is 8.12. The van der Waals surface area contributed by atoms with Gasteiger partial charge in [0.15, 0.2) is 0 Å². The lowest BCUT2D eigenvalue weighted by molar-refractivity contribution is 0.374. The van der Waals surface area contributed by atoms with E-state index in [9.17, 15) is 0 Å². The van der Waals surface area contributed by atoms with Gasteiger partial charge in [-0.05, 0) is 48.2 Å². The monoisotopic (exact) mass is 344 g/mol. The molecule has 0 spiro atoms. The minimum atomic E-state index is 0.490. The number of rotatable bonds is 3. The normalized spacial score (nSPS) is 14.2. The molecule has 0 amide bonds. The molecule has 0 bridgehead atoms. The lowest BCUT2D eigenvalue weighted by Crippen LogP contribution is -2.24. The second-order valence-electron chi connectivity index (χ2n) is 6.78. The molecule has 0 saturated heterocycles. The third-order valence-corrected chi connectivity index (χ3v) is 5.24. The summed E-state index contributed by atoms with van der Waals surface area (Å²) in [6, 6.07) is 10.6. The molecule has 0 radical (unpaired) electrons. The van der Waals surface area contributed by atoms with Crippen molar-refractivity contribution in [3.05, 3.63) is 48.3 Å². The van der Waals surface area contributed by atoms with Gasteiger partial charge < -0.3 is 14.6 Å². The highest BCUT2D eigenvalue weighted by Crippen LogP contribution is 2.36.